The molecule has 1 aromatic carbocycles. The van der Waals surface area contributed by atoms with E-state index < -0.39 is 0 Å². The van der Waals surface area contributed by atoms with Crippen LogP contribution in [0.2, 0.25) is 0 Å². The van der Waals surface area contributed by atoms with E-state index >= 15 is 0 Å². The van der Waals surface area contributed by atoms with Crippen LogP contribution in [0.3, 0.4) is 0 Å². The molecule has 1 saturated heterocycles. The maximum atomic E-state index is 5.82. The van der Waals surface area contributed by atoms with Gasteiger partial charge in [-0.15, -0.1) is 10.2 Å². The van der Waals surface area contributed by atoms with E-state index in [0.29, 0.717) is 18.3 Å². The first-order chi connectivity index (χ1) is 12.7. The standard InChI is InChI=1S/C18H20BrN5O2/c1-13-10-16(22-26-13)11-23-6-8-24(9-7-23)12-17-20-21-18(25-17)14-2-4-15(19)5-3-14/h2-5,10H,6-9,11-12H2,1H3. The molecular weight excluding hydrogens is 398 g/mol. The van der Waals surface area contributed by atoms with Gasteiger partial charge in [-0.1, -0.05) is 21.1 Å². The maximum absolute atomic E-state index is 5.82. The number of aromatic nitrogens is 3. The summed E-state index contributed by atoms with van der Waals surface area (Å²) < 4.78 is 12.0. The molecule has 8 heteroatoms. The van der Waals surface area contributed by atoms with Crippen LogP contribution in [0, 0.1) is 6.92 Å². The number of aryl methyl sites for hydroxylation is 1. The summed E-state index contributed by atoms with van der Waals surface area (Å²) in [4.78, 5) is 4.72. The minimum absolute atomic E-state index is 0.563. The number of hydrogen-bond donors (Lipinski definition) is 0. The Hall–Kier alpha value is -2.03. The van der Waals surface area contributed by atoms with Crippen molar-refractivity contribution < 1.29 is 8.94 Å². The zero-order valence-corrected chi connectivity index (χ0v) is 16.1. The summed E-state index contributed by atoms with van der Waals surface area (Å²) >= 11 is 3.43. The Kier molecular flexibility index (Phi) is 5.14. The summed E-state index contributed by atoms with van der Waals surface area (Å²) in [7, 11) is 0. The summed E-state index contributed by atoms with van der Waals surface area (Å²) in [5, 5.41) is 12.4. The van der Waals surface area contributed by atoms with Crippen molar-refractivity contribution >= 4 is 15.9 Å². The van der Waals surface area contributed by atoms with Crippen molar-refractivity contribution in [3.8, 4) is 11.5 Å². The van der Waals surface area contributed by atoms with E-state index in [4.69, 9.17) is 8.94 Å². The van der Waals surface area contributed by atoms with Crippen molar-refractivity contribution in [2.45, 2.75) is 20.0 Å². The van der Waals surface area contributed by atoms with Gasteiger partial charge in [0.15, 0.2) is 0 Å². The number of piperazine rings is 1. The first-order valence-corrected chi connectivity index (χ1v) is 9.40. The molecule has 1 aliphatic rings. The highest BCUT2D eigenvalue weighted by molar-refractivity contribution is 9.10. The van der Waals surface area contributed by atoms with Gasteiger partial charge in [-0.3, -0.25) is 9.80 Å². The van der Waals surface area contributed by atoms with Crippen LogP contribution in [0.1, 0.15) is 17.3 Å². The largest absolute Gasteiger partial charge is 0.419 e. The SMILES string of the molecule is Cc1cc(CN2CCN(Cc3nnc(-c4ccc(Br)cc4)o3)CC2)no1. The van der Waals surface area contributed by atoms with Crippen molar-refractivity contribution in [2.24, 2.45) is 0 Å². The van der Waals surface area contributed by atoms with Gasteiger partial charge in [0.2, 0.25) is 11.8 Å². The number of halogens is 1. The lowest BCUT2D eigenvalue weighted by molar-refractivity contribution is 0.113. The topological polar surface area (TPSA) is 71.4 Å². The van der Waals surface area contributed by atoms with Gasteiger partial charge in [0.25, 0.3) is 0 Å². The van der Waals surface area contributed by atoms with Gasteiger partial charge < -0.3 is 8.94 Å². The molecule has 26 heavy (non-hydrogen) atoms. The molecule has 3 aromatic rings. The van der Waals surface area contributed by atoms with Gasteiger partial charge in [-0.05, 0) is 31.2 Å². The quantitative estimate of drug-likeness (QED) is 0.631. The van der Waals surface area contributed by atoms with E-state index in [9.17, 15) is 0 Å². The molecule has 0 spiro atoms. The smallest absolute Gasteiger partial charge is 0.247 e. The average Bonchev–Trinajstić information content (AvgIpc) is 3.26. The number of benzene rings is 1. The zero-order valence-electron chi connectivity index (χ0n) is 14.6. The predicted octanol–water partition coefficient (Wildman–Crippen LogP) is 3.11. The summed E-state index contributed by atoms with van der Waals surface area (Å²) in [5.41, 5.74) is 1.92. The van der Waals surface area contributed by atoms with Gasteiger partial charge in [0.05, 0.1) is 12.2 Å². The minimum atomic E-state index is 0.563. The Morgan fingerprint density at radius 3 is 2.35 bits per heavy atom. The van der Waals surface area contributed by atoms with Crippen LogP contribution in [-0.2, 0) is 13.1 Å². The second-order valence-corrected chi connectivity index (χ2v) is 7.40. The first kappa shape index (κ1) is 17.4. The fourth-order valence-electron chi connectivity index (χ4n) is 3.04. The van der Waals surface area contributed by atoms with E-state index in [-0.39, 0.29) is 0 Å². The molecule has 3 heterocycles. The van der Waals surface area contributed by atoms with Gasteiger partial charge in [0, 0.05) is 48.8 Å². The predicted molar refractivity (Wildman–Crippen MR) is 99.2 cm³/mol. The fraction of sp³-hybridized carbons (Fsp3) is 0.389. The van der Waals surface area contributed by atoms with Gasteiger partial charge in [-0.25, -0.2) is 0 Å². The lowest BCUT2D eigenvalue weighted by Gasteiger charge is -2.33. The zero-order chi connectivity index (χ0) is 17.9. The molecule has 7 nitrogen and oxygen atoms in total. The van der Waals surface area contributed by atoms with Crippen LogP contribution in [0.4, 0.5) is 0 Å². The summed E-state index contributed by atoms with van der Waals surface area (Å²) in [6.07, 6.45) is 0. The van der Waals surface area contributed by atoms with Gasteiger partial charge >= 0.3 is 0 Å². The normalized spacial score (nSPS) is 16.2. The van der Waals surface area contributed by atoms with E-state index in [1.54, 1.807) is 0 Å². The number of hydrogen-bond acceptors (Lipinski definition) is 7. The van der Waals surface area contributed by atoms with Crippen molar-refractivity contribution in [3.63, 3.8) is 0 Å². The molecule has 0 amide bonds. The highest BCUT2D eigenvalue weighted by Gasteiger charge is 2.20. The van der Waals surface area contributed by atoms with Crippen LogP contribution >= 0.6 is 15.9 Å². The third-order valence-corrected chi connectivity index (χ3v) is 4.97. The van der Waals surface area contributed by atoms with Crippen LogP contribution in [0.5, 0.6) is 0 Å². The lowest BCUT2D eigenvalue weighted by atomic mass is 10.2. The molecule has 0 atom stereocenters. The van der Waals surface area contributed by atoms with Gasteiger partial charge in [0.1, 0.15) is 5.76 Å². The molecule has 1 fully saturated rings. The van der Waals surface area contributed by atoms with Crippen molar-refractivity contribution in [1.29, 1.82) is 0 Å². The van der Waals surface area contributed by atoms with Crippen molar-refractivity contribution in [1.82, 2.24) is 25.2 Å². The summed E-state index contributed by atoms with van der Waals surface area (Å²) in [6.45, 7) is 7.33. The molecule has 0 bridgehead atoms. The van der Waals surface area contributed by atoms with E-state index in [1.807, 2.05) is 37.3 Å². The summed E-state index contributed by atoms with van der Waals surface area (Å²) in [6, 6.07) is 9.86. The second-order valence-electron chi connectivity index (χ2n) is 6.49. The first-order valence-electron chi connectivity index (χ1n) is 8.61. The molecule has 4 rings (SSSR count). The third kappa shape index (κ3) is 4.20. The Labute approximate surface area is 160 Å². The van der Waals surface area contributed by atoms with Gasteiger partial charge in [-0.2, -0.15) is 0 Å². The monoisotopic (exact) mass is 417 g/mol. The molecule has 0 aliphatic carbocycles. The number of rotatable bonds is 5. The molecule has 0 unspecified atom stereocenters. The lowest BCUT2D eigenvalue weighted by Crippen LogP contribution is -2.45. The average molecular weight is 418 g/mol. The Morgan fingerprint density at radius 2 is 1.69 bits per heavy atom. The molecule has 0 radical (unpaired) electrons. The third-order valence-electron chi connectivity index (χ3n) is 4.44. The maximum Gasteiger partial charge on any atom is 0.247 e. The van der Waals surface area contributed by atoms with Crippen LogP contribution in [0.25, 0.3) is 11.5 Å². The summed E-state index contributed by atoms with van der Waals surface area (Å²) in [5.74, 6) is 2.08. The van der Waals surface area contributed by atoms with E-state index in [2.05, 4.69) is 41.1 Å². The van der Waals surface area contributed by atoms with Crippen LogP contribution in [0.15, 0.2) is 43.7 Å². The minimum Gasteiger partial charge on any atom is -0.419 e. The van der Waals surface area contributed by atoms with Crippen molar-refractivity contribution in [3.05, 3.63) is 52.1 Å². The molecule has 0 N–H and O–H groups in total. The van der Waals surface area contributed by atoms with Crippen LogP contribution < -0.4 is 0 Å². The van der Waals surface area contributed by atoms with E-state index in [0.717, 1.165) is 54.2 Å². The highest BCUT2D eigenvalue weighted by atomic mass is 79.9. The van der Waals surface area contributed by atoms with E-state index in [1.165, 1.54) is 0 Å². The molecule has 136 valence electrons. The Balaban J connectivity index is 1.30. The van der Waals surface area contributed by atoms with Crippen LogP contribution in [-0.4, -0.2) is 51.3 Å². The fourth-order valence-corrected chi connectivity index (χ4v) is 3.31. The highest BCUT2D eigenvalue weighted by Crippen LogP contribution is 2.21. The number of nitrogens with zero attached hydrogens (tertiary/aromatic N) is 5. The molecule has 1 aliphatic heterocycles. The molecular formula is C18H20BrN5O2. The Morgan fingerprint density at radius 1 is 1.00 bits per heavy atom. The molecule has 0 saturated carbocycles. The molecule has 2 aromatic heterocycles. The van der Waals surface area contributed by atoms with Crippen molar-refractivity contribution in [2.75, 3.05) is 26.2 Å². The Bertz CT molecular complexity index is 853. The second kappa shape index (κ2) is 7.69.